The third kappa shape index (κ3) is 7.63. The van der Waals surface area contributed by atoms with Crippen molar-refractivity contribution in [2.45, 2.75) is 78.1 Å². The van der Waals surface area contributed by atoms with Crippen LogP contribution in [0.1, 0.15) is 57.5 Å². The second-order valence-corrected chi connectivity index (χ2v) is 8.77. The number of esters is 4. The summed E-state index contributed by atoms with van der Waals surface area (Å²) in [4.78, 5) is 47.4. The van der Waals surface area contributed by atoms with E-state index in [2.05, 4.69) is 24.2 Å². The summed E-state index contributed by atoms with van der Waals surface area (Å²) < 4.78 is 29.1. The predicted molar refractivity (Wildman–Crippen MR) is 128 cm³/mol. The molecule has 2 heterocycles. The number of hydrogen-bond acceptors (Lipinski definition) is 10. The Morgan fingerprint density at radius 3 is 1.95 bits per heavy atom. The molecule has 1 aromatic heterocycles. The SMILES string of the molecule is CCc1ccc(Cc2cnn([C@@H]3O[C@H](COC(C)=O)[C@@H](OC(C)=O)[C@H](OC(C)=O)[C@H]3OC(C)=O)c2)cc1. The smallest absolute Gasteiger partial charge is 0.303 e. The molecule has 1 saturated heterocycles. The molecule has 11 heteroatoms. The first-order valence-electron chi connectivity index (χ1n) is 12.0. The Morgan fingerprint density at radius 2 is 1.38 bits per heavy atom. The fourth-order valence-electron chi connectivity index (χ4n) is 4.15. The van der Waals surface area contributed by atoms with Crippen LogP contribution in [0.4, 0.5) is 0 Å². The van der Waals surface area contributed by atoms with Gasteiger partial charge >= 0.3 is 23.9 Å². The van der Waals surface area contributed by atoms with Gasteiger partial charge in [-0.2, -0.15) is 5.10 Å². The fourth-order valence-corrected chi connectivity index (χ4v) is 4.15. The third-order valence-electron chi connectivity index (χ3n) is 5.72. The lowest BCUT2D eigenvalue weighted by atomic mass is 9.97. The van der Waals surface area contributed by atoms with Crippen LogP contribution in [0.5, 0.6) is 0 Å². The monoisotopic (exact) mass is 516 g/mol. The van der Waals surface area contributed by atoms with Gasteiger partial charge in [-0.1, -0.05) is 31.2 Å². The minimum Gasteiger partial charge on any atom is -0.463 e. The summed E-state index contributed by atoms with van der Waals surface area (Å²) in [5.41, 5.74) is 3.17. The molecule has 0 N–H and O–H groups in total. The van der Waals surface area contributed by atoms with Crippen molar-refractivity contribution in [1.29, 1.82) is 0 Å². The molecular formula is C26H32N2O9. The van der Waals surface area contributed by atoms with Gasteiger partial charge in [0.25, 0.3) is 0 Å². The molecule has 3 rings (SSSR count). The van der Waals surface area contributed by atoms with Crippen molar-refractivity contribution in [2.75, 3.05) is 6.61 Å². The number of benzene rings is 1. The number of rotatable bonds is 9. The Hall–Kier alpha value is -3.73. The van der Waals surface area contributed by atoms with Crippen LogP contribution in [0.25, 0.3) is 0 Å². The van der Waals surface area contributed by atoms with E-state index in [4.69, 9.17) is 23.7 Å². The van der Waals surface area contributed by atoms with E-state index < -0.39 is 54.5 Å². The molecule has 0 amide bonds. The highest BCUT2D eigenvalue weighted by molar-refractivity contribution is 5.68. The van der Waals surface area contributed by atoms with E-state index in [-0.39, 0.29) is 6.61 Å². The number of aryl methyl sites for hydroxylation is 1. The van der Waals surface area contributed by atoms with Crippen LogP contribution >= 0.6 is 0 Å². The van der Waals surface area contributed by atoms with Crippen molar-refractivity contribution in [1.82, 2.24) is 9.78 Å². The first-order valence-corrected chi connectivity index (χ1v) is 12.0. The van der Waals surface area contributed by atoms with Gasteiger partial charge in [0.05, 0.1) is 6.20 Å². The second kappa shape index (κ2) is 12.5. The van der Waals surface area contributed by atoms with Crippen LogP contribution in [-0.4, -0.2) is 64.7 Å². The van der Waals surface area contributed by atoms with Gasteiger partial charge in [0, 0.05) is 40.3 Å². The Labute approximate surface area is 215 Å². The molecule has 0 saturated carbocycles. The maximum atomic E-state index is 12.0. The summed E-state index contributed by atoms with van der Waals surface area (Å²) in [5.74, 6) is -2.63. The van der Waals surface area contributed by atoms with Gasteiger partial charge in [0.2, 0.25) is 0 Å². The summed E-state index contributed by atoms with van der Waals surface area (Å²) in [6, 6.07) is 8.23. The second-order valence-electron chi connectivity index (χ2n) is 8.77. The summed E-state index contributed by atoms with van der Waals surface area (Å²) in [6.07, 6.45) is -0.865. The largest absolute Gasteiger partial charge is 0.463 e. The zero-order valence-electron chi connectivity index (χ0n) is 21.5. The molecule has 0 bridgehead atoms. The van der Waals surface area contributed by atoms with Crippen molar-refractivity contribution >= 4 is 23.9 Å². The van der Waals surface area contributed by atoms with E-state index in [1.54, 1.807) is 12.4 Å². The van der Waals surface area contributed by atoms with Crippen molar-refractivity contribution < 1.29 is 42.9 Å². The van der Waals surface area contributed by atoms with Crippen LogP contribution < -0.4 is 0 Å². The molecule has 200 valence electrons. The van der Waals surface area contributed by atoms with Gasteiger partial charge in [0.15, 0.2) is 24.5 Å². The number of hydrogen-bond donors (Lipinski definition) is 0. The first kappa shape index (κ1) is 27.9. The zero-order chi connectivity index (χ0) is 27.1. The molecule has 1 aliphatic heterocycles. The fraction of sp³-hybridized carbons (Fsp3) is 0.500. The molecular weight excluding hydrogens is 484 g/mol. The third-order valence-corrected chi connectivity index (χ3v) is 5.72. The Morgan fingerprint density at radius 1 is 0.811 bits per heavy atom. The van der Waals surface area contributed by atoms with Gasteiger partial charge in [-0.3, -0.25) is 19.2 Å². The lowest BCUT2D eigenvalue weighted by Crippen LogP contribution is -2.60. The highest BCUT2D eigenvalue weighted by Gasteiger charge is 2.53. The highest BCUT2D eigenvalue weighted by Crippen LogP contribution is 2.34. The van der Waals surface area contributed by atoms with E-state index >= 15 is 0 Å². The predicted octanol–water partition coefficient (Wildman–Crippen LogP) is 2.29. The van der Waals surface area contributed by atoms with E-state index in [0.717, 1.165) is 17.5 Å². The van der Waals surface area contributed by atoms with Gasteiger partial charge in [-0.25, -0.2) is 4.68 Å². The normalized spacial score (nSPS) is 23.1. The van der Waals surface area contributed by atoms with Crippen molar-refractivity contribution in [3.63, 3.8) is 0 Å². The summed E-state index contributed by atoms with van der Waals surface area (Å²) >= 11 is 0. The van der Waals surface area contributed by atoms with Gasteiger partial charge in [-0.15, -0.1) is 0 Å². The van der Waals surface area contributed by atoms with E-state index in [0.29, 0.717) is 6.42 Å². The number of ether oxygens (including phenoxy) is 5. The minimum absolute atomic E-state index is 0.299. The van der Waals surface area contributed by atoms with Crippen LogP contribution in [-0.2, 0) is 55.7 Å². The minimum atomic E-state index is -1.25. The van der Waals surface area contributed by atoms with Gasteiger partial charge < -0.3 is 23.7 Å². The first-order chi connectivity index (χ1) is 17.6. The van der Waals surface area contributed by atoms with E-state index in [1.807, 2.05) is 12.1 Å². The average molecular weight is 517 g/mol. The molecule has 37 heavy (non-hydrogen) atoms. The molecule has 1 aliphatic rings. The molecule has 1 fully saturated rings. The molecule has 2 aromatic rings. The zero-order valence-corrected chi connectivity index (χ0v) is 21.5. The van der Waals surface area contributed by atoms with Gasteiger partial charge in [-0.05, 0) is 23.1 Å². The Bertz CT molecular complexity index is 1110. The highest BCUT2D eigenvalue weighted by atomic mass is 16.7. The molecule has 0 unspecified atom stereocenters. The maximum Gasteiger partial charge on any atom is 0.303 e. The van der Waals surface area contributed by atoms with Crippen molar-refractivity contribution in [2.24, 2.45) is 0 Å². The number of carbonyl (C=O) groups excluding carboxylic acids is 4. The lowest BCUT2D eigenvalue weighted by Gasteiger charge is -2.44. The molecule has 0 radical (unpaired) electrons. The maximum absolute atomic E-state index is 12.0. The van der Waals surface area contributed by atoms with Crippen LogP contribution in [0.15, 0.2) is 36.7 Å². The standard InChI is InChI=1S/C26H32N2O9/c1-6-19-7-9-20(10-8-19)11-21-12-27-28(13-21)26-25(36-18(5)32)24(35-17(4)31)23(34-16(3)30)22(37-26)14-33-15(2)29/h7-10,12-13,22-26H,6,11,14H2,1-5H3/t22-,23-,24+,25-,26-/m1/s1. The summed E-state index contributed by atoms with van der Waals surface area (Å²) in [7, 11) is 0. The van der Waals surface area contributed by atoms with E-state index in [1.165, 1.54) is 37.9 Å². The van der Waals surface area contributed by atoms with Crippen molar-refractivity contribution in [3.05, 3.63) is 53.3 Å². The molecule has 1 aromatic carbocycles. The Kier molecular flexibility index (Phi) is 9.40. The lowest BCUT2D eigenvalue weighted by molar-refractivity contribution is -0.270. The Balaban J connectivity index is 1.96. The quantitative estimate of drug-likeness (QED) is 0.361. The number of carbonyl (C=O) groups is 4. The number of nitrogens with zero attached hydrogens (tertiary/aromatic N) is 2. The topological polar surface area (TPSA) is 132 Å². The van der Waals surface area contributed by atoms with Gasteiger partial charge in [0.1, 0.15) is 12.7 Å². The molecule has 0 aliphatic carbocycles. The molecule has 11 nitrogen and oxygen atoms in total. The molecule has 0 spiro atoms. The molecule has 5 atom stereocenters. The van der Waals surface area contributed by atoms with Crippen LogP contribution in [0.2, 0.25) is 0 Å². The summed E-state index contributed by atoms with van der Waals surface area (Å²) in [5, 5.41) is 4.40. The van der Waals surface area contributed by atoms with Crippen molar-refractivity contribution in [3.8, 4) is 0 Å². The summed E-state index contributed by atoms with van der Waals surface area (Å²) in [6.45, 7) is 6.56. The average Bonchev–Trinajstić information content (AvgIpc) is 3.28. The van der Waals surface area contributed by atoms with E-state index in [9.17, 15) is 19.2 Å². The number of aromatic nitrogens is 2. The van der Waals surface area contributed by atoms with Crippen LogP contribution in [0, 0.1) is 0 Å². The van der Waals surface area contributed by atoms with Crippen LogP contribution in [0.3, 0.4) is 0 Å².